The van der Waals surface area contributed by atoms with E-state index < -0.39 is 23.1 Å². The Morgan fingerprint density at radius 3 is 2.52 bits per heavy atom. The normalized spacial score (nSPS) is 11.1. The Hall–Kier alpha value is -2.38. The first kappa shape index (κ1) is 16.7. The summed E-state index contributed by atoms with van der Waals surface area (Å²) >= 11 is 0. The lowest BCUT2D eigenvalue weighted by Gasteiger charge is -2.07. The molecule has 0 aliphatic heterocycles. The molecule has 0 bridgehead atoms. The standard InChI is InChI=1S/C13H19N3O5/c1-15-11(19)9(12(20)16(2)13(15)21)8-14-7-5-3-4-6-10(17)18/h8,19H,3-7H2,1-2H3,(H,17,18)/p-1. The summed E-state index contributed by atoms with van der Waals surface area (Å²) in [6.07, 6.45) is 3.12. The molecule has 1 heterocycles. The Kier molecular flexibility index (Phi) is 5.89. The van der Waals surface area contributed by atoms with Gasteiger partial charge in [-0.05, 0) is 19.3 Å². The summed E-state index contributed by atoms with van der Waals surface area (Å²) in [5, 5.41) is 20.0. The lowest BCUT2D eigenvalue weighted by atomic mass is 10.2. The number of aliphatic carboxylic acids is 1. The average molecular weight is 296 g/mol. The predicted molar refractivity (Wildman–Crippen MR) is 74.5 cm³/mol. The summed E-state index contributed by atoms with van der Waals surface area (Å²) in [5.74, 6) is -1.50. The molecule has 0 aliphatic carbocycles. The summed E-state index contributed by atoms with van der Waals surface area (Å²) in [7, 11) is 2.68. The van der Waals surface area contributed by atoms with Gasteiger partial charge in [-0.3, -0.25) is 18.9 Å². The van der Waals surface area contributed by atoms with Crippen LogP contribution >= 0.6 is 0 Å². The second kappa shape index (κ2) is 7.41. The number of carboxylic acid groups (broad SMARTS) is 1. The smallest absolute Gasteiger partial charge is 0.333 e. The maximum absolute atomic E-state index is 11.8. The first-order valence-electron chi connectivity index (χ1n) is 6.55. The highest BCUT2D eigenvalue weighted by molar-refractivity contribution is 5.81. The van der Waals surface area contributed by atoms with Gasteiger partial charge in [0.25, 0.3) is 5.56 Å². The maximum atomic E-state index is 11.8. The Balaban J connectivity index is 2.68. The number of aromatic nitrogens is 2. The molecule has 8 heteroatoms. The third-order valence-corrected chi connectivity index (χ3v) is 3.06. The molecular weight excluding hydrogens is 278 g/mol. The number of carboxylic acids is 1. The number of hydrogen-bond donors (Lipinski definition) is 1. The van der Waals surface area contributed by atoms with Crippen molar-refractivity contribution in [3.05, 3.63) is 26.4 Å². The number of hydrogen-bond acceptors (Lipinski definition) is 6. The van der Waals surface area contributed by atoms with Crippen LogP contribution in [0.4, 0.5) is 0 Å². The van der Waals surface area contributed by atoms with E-state index in [0.29, 0.717) is 25.8 Å². The van der Waals surface area contributed by atoms with Gasteiger partial charge >= 0.3 is 5.69 Å². The molecule has 0 saturated carbocycles. The van der Waals surface area contributed by atoms with Gasteiger partial charge in [0.05, 0.1) is 0 Å². The molecule has 0 radical (unpaired) electrons. The molecular formula is C13H18N3O5-. The SMILES string of the molecule is Cn1c(O)c(C=NCCCCCC(=O)[O-])c(=O)n(C)c1=O. The topological polar surface area (TPSA) is 117 Å². The second-order valence-corrected chi connectivity index (χ2v) is 4.66. The number of nitrogens with zero attached hydrogens (tertiary/aromatic N) is 3. The number of carbonyl (C=O) groups is 1. The van der Waals surface area contributed by atoms with E-state index >= 15 is 0 Å². The molecule has 0 aromatic carbocycles. The molecule has 0 spiro atoms. The van der Waals surface area contributed by atoms with Crippen LogP contribution in [0.1, 0.15) is 31.2 Å². The van der Waals surface area contributed by atoms with Crippen LogP contribution in [0.5, 0.6) is 5.88 Å². The van der Waals surface area contributed by atoms with Gasteiger partial charge in [-0.15, -0.1) is 0 Å². The average Bonchev–Trinajstić information content (AvgIpc) is 2.45. The molecule has 8 nitrogen and oxygen atoms in total. The van der Waals surface area contributed by atoms with Gasteiger partial charge in [-0.1, -0.05) is 6.42 Å². The van der Waals surface area contributed by atoms with Gasteiger partial charge in [-0.2, -0.15) is 0 Å². The van der Waals surface area contributed by atoms with Gasteiger partial charge in [-0.25, -0.2) is 4.79 Å². The lowest BCUT2D eigenvalue weighted by molar-refractivity contribution is -0.305. The largest absolute Gasteiger partial charge is 0.550 e. The van der Waals surface area contributed by atoms with Crippen LogP contribution in [0.2, 0.25) is 0 Å². The van der Waals surface area contributed by atoms with Crippen LogP contribution in [-0.4, -0.2) is 33.0 Å². The molecule has 0 saturated heterocycles. The first-order valence-corrected chi connectivity index (χ1v) is 6.55. The zero-order valence-corrected chi connectivity index (χ0v) is 12.0. The van der Waals surface area contributed by atoms with Crippen LogP contribution in [-0.2, 0) is 18.9 Å². The van der Waals surface area contributed by atoms with Crippen molar-refractivity contribution in [2.75, 3.05) is 6.54 Å². The van der Waals surface area contributed by atoms with Crippen molar-refractivity contribution < 1.29 is 15.0 Å². The van der Waals surface area contributed by atoms with E-state index in [4.69, 9.17) is 0 Å². The highest BCUT2D eigenvalue weighted by atomic mass is 16.4. The van der Waals surface area contributed by atoms with Crippen molar-refractivity contribution in [2.24, 2.45) is 19.1 Å². The molecule has 0 amide bonds. The van der Waals surface area contributed by atoms with Crippen LogP contribution in [0.25, 0.3) is 0 Å². The van der Waals surface area contributed by atoms with E-state index in [1.165, 1.54) is 20.3 Å². The van der Waals surface area contributed by atoms with Gasteiger partial charge in [0.2, 0.25) is 5.88 Å². The lowest BCUT2D eigenvalue weighted by Crippen LogP contribution is -2.38. The predicted octanol–water partition coefficient (Wildman–Crippen LogP) is -1.48. The fourth-order valence-corrected chi connectivity index (χ4v) is 1.78. The van der Waals surface area contributed by atoms with Crippen LogP contribution in [0.15, 0.2) is 14.6 Å². The molecule has 0 atom stereocenters. The summed E-state index contributed by atoms with van der Waals surface area (Å²) in [6, 6.07) is 0. The summed E-state index contributed by atoms with van der Waals surface area (Å²) < 4.78 is 1.85. The Morgan fingerprint density at radius 2 is 1.90 bits per heavy atom. The van der Waals surface area contributed by atoms with Crippen molar-refractivity contribution >= 4 is 12.2 Å². The third-order valence-electron chi connectivity index (χ3n) is 3.06. The van der Waals surface area contributed by atoms with Crippen molar-refractivity contribution in [1.29, 1.82) is 0 Å². The van der Waals surface area contributed by atoms with E-state index in [2.05, 4.69) is 4.99 Å². The highest BCUT2D eigenvalue weighted by Crippen LogP contribution is 2.06. The zero-order valence-electron chi connectivity index (χ0n) is 12.0. The van der Waals surface area contributed by atoms with Gasteiger partial charge < -0.3 is 15.0 Å². The zero-order chi connectivity index (χ0) is 16.0. The van der Waals surface area contributed by atoms with Crippen molar-refractivity contribution in [3.63, 3.8) is 0 Å². The molecule has 0 fully saturated rings. The molecule has 1 rings (SSSR count). The molecule has 21 heavy (non-hydrogen) atoms. The quantitative estimate of drug-likeness (QED) is 0.486. The molecule has 1 aromatic rings. The fourth-order valence-electron chi connectivity index (χ4n) is 1.78. The Labute approximate surface area is 121 Å². The number of carbonyl (C=O) groups excluding carboxylic acids is 1. The van der Waals surface area contributed by atoms with Gasteiger partial charge in [0, 0.05) is 32.8 Å². The number of rotatable bonds is 7. The minimum atomic E-state index is -1.07. The summed E-state index contributed by atoms with van der Waals surface area (Å²) in [5.41, 5.74) is -1.28. The minimum Gasteiger partial charge on any atom is -0.550 e. The maximum Gasteiger partial charge on any atom is 0.333 e. The second-order valence-electron chi connectivity index (χ2n) is 4.66. The van der Waals surface area contributed by atoms with E-state index in [-0.39, 0.29) is 12.0 Å². The number of unbranched alkanes of at least 4 members (excludes halogenated alkanes) is 2. The monoisotopic (exact) mass is 296 g/mol. The Bertz CT molecular complexity index is 657. The van der Waals surface area contributed by atoms with Crippen LogP contribution < -0.4 is 16.4 Å². The van der Waals surface area contributed by atoms with Gasteiger partial charge in [0.15, 0.2) is 0 Å². The van der Waals surface area contributed by atoms with E-state index in [1.54, 1.807) is 0 Å². The third kappa shape index (κ3) is 4.30. The van der Waals surface area contributed by atoms with E-state index in [0.717, 1.165) is 9.13 Å². The van der Waals surface area contributed by atoms with Crippen LogP contribution in [0, 0.1) is 0 Å². The first-order chi connectivity index (χ1) is 9.86. The molecule has 1 aromatic heterocycles. The van der Waals surface area contributed by atoms with E-state index in [1.807, 2.05) is 0 Å². The van der Waals surface area contributed by atoms with Crippen molar-refractivity contribution in [1.82, 2.24) is 9.13 Å². The van der Waals surface area contributed by atoms with Crippen molar-refractivity contribution in [3.8, 4) is 5.88 Å². The van der Waals surface area contributed by atoms with Crippen LogP contribution in [0.3, 0.4) is 0 Å². The minimum absolute atomic E-state index is 0.0197. The highest BCUT2D eigenvalue weighted by Gasteiger charge is 2.12. The number of aliphatic imine (C=N–C) groups is 1. The molecule has 116 valence electrons. The van der Waals surface area contributed by atoms with Crippen molar-refractivity contribution in [2.45, 2.75) is 25.7 Å². The Morgan fingerprint density at radius 1 is 1.24 bits per heavy atom. The molecule has 1 N–H and O–H groups in total. The fraction of sp³-hybridized carbons (Fsp3) is 0.538. The molecule has 0 aliphatic rings. The van der Waals surface area contributed by atoms with Gasteiger partial charge in [0.1, 0.15) is 5.56 Å². The number of aromatic hydroxyl groups is 1. The summed E-state index contributed by atoms with van der Waals surface area (Å²) in [4.78, 5) is 37.6. The summed E-state index contributed by atoms with van der Waals surface area (Å²) in [6.45, 7) is 0.401. The molecule has 0 unspecified atom stereocenters. The van der Waals surface area contributed by atoms with E-state index in [9.17, 15) is 24.6 Å².